The van der Waals surface area contributed by atoms with Gasteiger partial charge in [-0.15, -0.1) is 0 Å². The SMILES string of the molecule is CN(CCN(C)C(=O)OC(C)(C)C)Cc1cn([C@H]2CCCCO2)nc1C1CCC(=O)CC1. The monoisotopic (exact) mass is 448 g/mol. The molecule has 3 rings (SSSR count). The Labute approximate surface area is 192 Å². The van der Waals surface area contributed by atoms with Gasteiger partial charge in [0.05, 0.1) is 5.69 Å². The van der Waals surface area contributed by atoms with Gasteiger partial charge in [-0.3, -0.25) is 4.79 Å². The first-order chi connectivity index (χ1) is 15.1. The lowest BCUT2D eigenvalue weighted by atomic mass is 9.85. The molecule has 1 atom stereocenters. The number of hydrogen-bond donors (Lipinski definition) is 0. The van der Waals surface area contributed by atoms with Crippen molar-refractivity contribution in [2.45, 2.75) is 90.0 Å². The summed E-state index contributed by atoms with van der Waals surface area (Å²) < 4.78 is 13.4. The minimum absolute atomic E-state index is 0.00470. The quantitative estimate of drug-likeness (QED) is 0.625. The van der Waals surface area contributed by atoms with Crippen molar-refractivity contribution in [3.8, 4) is 0 Å². The van der Waals surface area contributed by atoms with Crippen molar-refractivity contribution in [1.82, 2.24) is 19.6 Å². The van der Waals surface area contributed by atoms with E-state index in [-0.39, 0.29) is 12.3 Å². The topological polar surface area (TPSA) is 76.9 Å². The average molecular weight is 449 g/mol. The van der Waals surface area contributed by atoms with E-state index in [4.69, 9.17) is 14.6 Å². The second-order valence-electron chi connectivity index (χ2n) is 10.3. The molecule has 1 saturated carbocycles. The number of likely N-dealkylation sites (N-methyl/N-ethyl adjacent to an activating group) is 2. The largest absolute Gasteiger partial charge is 0.444 e. The fourth-order valence-corrected chi connectivity index (χ4v) is 4.32. The van der Waals surface area contributed by atoms with Crippen LogP contribution in [-0.2, 0) is 20.8 Å². The van der Waals surface area contributed by atoms with Gasteiger partial charge in [0.25, 0.3) is 0 Å². The fraction of sp³-hybridized carbons (Fsp3) is 0.792. The second kappa shape index (κ2) is 10.8. The number of hydrogen-bond acceptors (Lipinski definition) is 6. The standard InChI is InChI=1S/C24H40N4O4/c1-24(2,3)32-23(30)27(5)14-13-26(4)16-19-17-28(21-8-6-7-15-31-21)25-22(19)18-9-11-20(29)12-10-18/h17-18,21H,6-16H2,1-5H3/t21-/m1/s1. The molecule has 1 aromatic heterocycles. The highest BCUT2D eigenvalue weighted by atomic mass is 16.6. The smallest absolute Gasteiger partial charge is 0.410 e. The molecule has 8 heteroatoms. The Morgan fingerprint density at radius 3 is 2.53 bits per heavy atom. The highest BCUT2D eigenvalue weighted by Gasteiger charge is 2.28. The third kappa shape index (κ3) is 7.04. The Bertz CT molecular complexity index is 769. The van der Waals surface area contributed by atoms with Gasteiger partial charge in [-0.1, -0.05) is 0 Å². The van der Waals surface area contributed by atoms with Gasteiger partial charge < -0.3 is 19.3 Å². The zero-order chi connectivity index (χ0) is 23.3. The van der Waals surface area contributed by atoms with Gasteiger partial charge in [0.1, 0.15) is 17.6 Å². The van der Waals surface area contributed by atoms with Crippen molar-refractivity contribution >= 4 is 11.9 Å². The summed E-state index contributed by atoms with van der Waals surface area (Å²) in [6.45, 7) is 8.46. The van der Waals surface area contributed by atoms with Crippen LogP contribution in [0.4, 0.5) is 4.79 Å². The molecule has 1 aliphatic heterocycles. The molecule has 2 heterocycles. The van der Waals surface area contributed by atoms with Crippen molar-refractivity contribution in [3.05, 3.63) is 17.5 Å². The van der Waals surface area contributed by atoms with Crippen molar-refractivity contribution < 1.29 is 19.1 Å². The lowest BCUT2D eigenvalue weighted by Gasteiger charge is -2.26. The molecule has 0 aromatic carbocycles. The summed E-state index contributed by atoms with van der Waals surface area (Å²) in [7, 11) is 3.83. The second-order valence-corrected chi connectivity index (χ2v) is 10.3. The summed E-state index contributed by atoms with van der Waals surface area (Å²) in [6.07, 6.45) is 8.13. The Hall–Kier alpha value is -1.93. The van der Waals surface area contributed by atoms with E-state index >= 15 is 0 Å². The van der Waals surface area contributed by atoms with E-state index < -0.39 is 5.60 Å². The maximum absolute atomic E-state index is 12.2. The molecule has 32 heavy (non-hydrogen) atoms. The molecule has 0 unspecified atom stereocenters. The Balaban J connectivity index is 1.64. The molecule has 0 radical (unpaired) electrons. The molecular formula is C24H40N4O4. The number of ether oxygens (including phenoxy) is 2. The Morgan fingerprint density at radius 2 is 1.91 bits per heavy atom. The number of carbonyl (C=O) groups excluding carboxylic acids is 2. The highest BCUT2D eigenvalue weighted by Crippen LogP contribution is 2.34. The lowest BCUT2D eigenvalue weighted by molar-refractivity contribution is -0.120. The predicted molar refractivity (Wildman–Crippen MR) is 122 cm³/mol. The van der Waals surface area contributed by atoms with Crippen LogP contribution in [-0.4, -0.2) is 70.8 Å². The first-order valence-electron chi connectivity index (χ1n) is 12.0. The molecule has 2 aliphatic rings. The van der Waals surface area contributed by atoms with E-state index in [9.17, 15) is 9.59 Å². The fourth-order valence-electron chi connectivity index (χ4n) is 4.32. The Morgan fingerprint density at radius 1 is 1.19 bits per heavy atom. The number of Topliss-reactive ketones (excluding diaryl/α,β-unsaturated/α-hetero) is 1. The third-order valence-electron chi connectivity index (χ3n) is 6.18. The summed E-state index contributed by atoms with van der Waals surface area (Å²) in [4.78, 5) is 27.8. The van der Waals surface area contributed by atoms with Gasteiger partial charge in [-0.25, -0.2) is 9.48 Å². The molecule has 0 N–H and O–H groups in total. The predicted octanol–water partition coefficient (Wildman–Crippen LogP) is 4.11. The van der Waals surface area contributed by atoms with Crippen LogP contribution in [0, 0.1) is 0 Å². The maximum Gasteiger partial charge on any atom is 0.410 e. The summed E-state index contributed by atoms with van der Waals surface area (Å²) in [6, 6.07) is 0. The van der Waals surface area contributed by atoms with Gasteiger partial charge >= 0.3 is 6.09 Å². The zero-order valence-corrected chi connectivity index (χ0v) is 20.4. The van der Waals surface area contributed by atoms with Crippen molar-refractivity contribution in [3.63, 3.8) is 0 Å². The van der Waals surface area contributed by atoms with Gasteiger partial charge in [0, 0.05) is 63.8 Å². The molecule has 2 fully saturated rings. The molecule has 8 nitrogen and oxygen atoms in total. The number of nitrogens with zero attached hydrogens (tertiary/aromatic N) is 4. The van der Waals surface area contributed by atoms with Crippen LogP contribution in [0.2, 0.25) is 0 Å². The van der Waals surface area contributed by atoms with Crippen LogP contribution >= 0.6 is 0 Å². The molecular weight excluding hydrogens is 408 g/mol. The lowest BCUT2D eigenvalue weighted by Crippen LogP contribution is -2.38. The minimum atomic E-state index is -0.497. The molecule has 1 aliphatic carbocycles. The van der Waals surface area contributed by atoms with Crippen LogP contribution in [0.25, 0.3) is 0 Å². The van der Waals surface area contributed by atoms with Gasteiger partial charge in [-0.05, 0) is 59.9 Å². The summed E-state index contributed by atoms with van der Waals surface area (Å²) in [5, 5.41) is 4.97. The van der Waals surface area contributed by atoms with Gasteiger partial charge in [0.15, 0.2) is 0 Å². The van der Waals surface area contributed by atoms with Gasteiger partial charge in [-0.2, -0.15) is 5.10 Å². The summed E-state index contributed by atoms with van der Waals surface area (Å²) in [5.41, 5.74) is 1.81. The summed E-state index contributed by atoms with van der Waals surface area (Å²) in [5.74, 6) is 0.686. The number of ketones is 1. The number of carbonyl (C=O) groups is 2. The minimum Gasteiger partial charge on any atom is -0.444 e. The Kier molecular flexibility index (Phi) is 8.33. The maximum atomic E-state index is 12.2. The average Bonchev–Trinajstić information content (AvgIpc) is 3.15. The van der Waals surface area contributed by atoms with Crippen molar-refractivity contribution in [2.75, 3.05) is 33.8 Å². The first kappa shape index (κ1) is 24.7. The van der Waals surface area contributed by atoms with Crippen LogP contribution in [0.15, 0.2) is 6.20 Å². The molecule has 1 saturated heterocycles. The van der Waals surface area contributed by atoms with E-state index in [1.807, 2.05) is 25.5 Å². The van der Waals surface area contributed by atoms with E-state index in [0.717, 1.165) is 57.5 Å². The molecule has 180 valence electrons. The molecule has 1 aromatic rings. The van der Waals surface area contributed by atoms with Crippen molar-refractivity contribution in [1.29, 1.82) is 0 Å². The zero-order valence-electron chi connectivity index (χ0n) is 20.4. The number of rotatable bonds is 7. The van der Waals surface area contributed by atoms with Crippen LogP contribution in [0.1, 0.15) is 89.1 Å². The number of amides is 1. The summed E-state index contributed by atoms with van der Waals surface area (Å²) >= 11 is 0. The highest BCUT2D eigenvalue weighted by molar-refractivity contribution is 5.79. The van der Waals surface area contributed by atoms with Crippen LogP contribution < -0.4 is 0 Å². The van der Waals surface area contributed by atoms with Crippen molar-refractivity contribution in [2.24, 2.45) is 0 Å². The molecule has 0 bridgehead atoms. The van der Waals surface area contributed by atoms with E-state index in [1.54, 1.807) is 11.9 Å². The molecule has 0 spiro atoms. The van der Waals surface area contributed by atoms with E-state index in [0.29, 0.717) is 31.1 Å². The first-order valence-corrected chi connectivity index (χ1v) is 12.0. The molecule has 1 amide bonds. The van der Waals surface area contributed by atoms with Gasteiger partial charge in [0.2, 0.25) is 0 Å². The van der Waals surface area contributed by atoms with Crippen LogP contribution in [0.5, 0.6) is 0 Å². The number of aromatic nitrogens is 2. The normalized spacial score (nSPS) is 20.6. The van der Waals surface area contributed by atoms with Crippen LogP contribution in [0.3, 0.4) is 0 Å². The van der Waals surface area contributed by atoms with E-state index in [1.165, 1.54) is 5.56 Å². The van der Waals surface area contributed by atoms with E-state index in [2.05, 4.69) is 18.1 Å². The third-order valence-corrected chi connectivity index (χ3v) is 6.18.